The smallest absolute Gasteiger partial charge is 0.416 e. The van der Waals surface area contributed by atoms with Gasteiger partial charge in [0.2, 0.25) is 0 Å². The molecule has 180 valence electrons. The molecule has 34 heavy (non-hydrogen) atoms. The third kappa shape index (κ3) is 5.25. The monoisotopic (exact) mass is 508 g/mol. The van der Waals surface area contributed by atoms with Crippen LogP contribution in [0.4, 0.5) is 18.9 Å². The Hall–Kier alpha value is -2.92. The number of nitrogens with zero attached hydrogens (tertiary/aromatic N) is 3. The minimum Gasteiger partial charge on any atom is -0.465 e. The first-order valence-corrected chi connectivity index (χ1v) is 11.9. The SMILES string of the molecule is COC(=O)c1sccc1NC(=S)N1CCC(c2nccn2Cc2ccccc2C(F)(F)F)CC1. The van der Waals surface area contributed by atoms with Crippen LogP contribution in [0.3, 0.4) is 0 Å². The predicted molar refractivity (Wildman–Crippen MR) is 128 cm³/mol. The normalized spacial score (nSPS) is 14.8. The van der Waals surface area contributed by atoms with E-state index in [0.717, 1.165) is 24.7 Å². The number of rotatable bonds is 5. The van der Waals surface area contributed by atoms with Gasteiger partial charge < -0.3 is 19.5 Å². The predicted octanol–water partition coefficient (Wildman–Crippen LogP) is 5.37. The van der Waals surface area contributed by atoms with Crippen LogP contribution in [-0.2, 0) is 17.5 Å². The molecule has 0 unspecified atom stereocenters. The summed E-state index contributed by atoms with van der Waals surface area (Å²) < 4.78 is 46.8. The molecule has 1 N–H and O–H groups in total. The Morgan fingerprint density at radius 1 is 1.26 bits per heavy atom. The number of hydrogen-bond acceptors (Lipinski definition) is 5. The molecule has 1 fully saturated rings. The van der Waals surface area contributed by atoms with Crippen molar-refractivity contribution in [3.63, 3.8) is 0 Å². The Kier molecular flexibility index (Phi) is 7.22. The van der Waals surface area contributed by atoms with Crippen LogP contribution in [0.5, 0.6) is 0 Å². The number of benzene rings is 1. The summed E-state index contributed by atoms with van der Waals surface area (Å²) in [6, 6.07) is 7.42. The number of alkyl halides is 3. The van der Waals surface area contributed by atoms with Gasteiger partial charge in [-0.15, -0.1) is 11.3 Å². The highest BCUT2D eigenvalue weighted by Gasteiger charge is 2.33. The Morgan fingerprint density at radius 3 is 2.71 bits per heavy atom. The van der Waals surface area contributed by atoms with Crippen LogP contribution < -0.4 is 5.32 Å². The van der Waals surface area contributed by atoms with E-state index >= 15 is 0 Å². The van der Waals surface area contributed by atoms with Crippen molar-refractivity contribution in [2.24, 2.45) is 0 Å². The summed E-state index contributed by atoms with van der Waals surface area (Å²) in [5, 5.41) is 5.44. The second kappa shape index (κ2) is 10.1. The van der Waals surface area contributed by atoms with E-state index in [1.807, 2.05) is 4.90 Å². The zero-order chi connectivity index (χ0) is 24.3. The average Bonchev–Trinajstić information content (AvgIpc) is 3.48. The number of imidazole rings is 1. The first kappa shape index (κ1) is 24.2. The number of ether oxygens (including phenoxy) is 1. The van der Waals surface area contributed by atoms with Crippen molar-refractivity contribution in [3.05, 3.63) is 69.9 Å². The number of likely N-dealkylation sites (tertiary alicyclic amines) is 1. The molecule has 0 saturated carbocycles. The molecule has 4 rings (SSSR count). The number of halogens is 3. The van der Waals surface area contributed by atoms with Gasteiger partial charge in [0.25, 0.3) is 0 Å². The van der Waals surface area contributed by atoms with E-state index in [0.29, 0.717) is 28.8 Å². The molecule has 1 aliphatic heterocycles. The van der Waals surface area contributed by atoms with E-state index in [-0.39, 0.29) is 18.0 Å². The molecule has 0 bridgehead atoms. The number of aromatic nitrogens is 2. The number of piperidine rings is 1. The minimum absolute atomic E-state index is 0.110. The lowest BCUT2D eigenvalue weighted by Gasteiger charge is -2.33. The lowest BCUT2D eigenvalue weighted by atomic mass is 9.96. The van der Waals surface area contributed by atoms with Gasteiger partial charge in [-0.2, -0.15) is 13.2 Å². The zero-order valence-corrected chi connectivity index (χ0v) is 20.0. The third-order valence-corrected chi connectivity index (χ3v) is 7.09. The molecule has 3 aromatic rings. The summed E-state index contributed by atoms with van der Waals surface area (Å²) >= 11 is 6.82. The fourth-order valence-electron chi connectivity index (χ4n) is 4.13. The Morgan fingerprint density at radius 2 is 2.00 bits per heavy atom. The van der Waals surface area contributed by atoms with Crippen molar-refractivity contribution in [2.75, 3.05) is 25.5 Å². The molecule has 0 atom stereocenters. The number of thiocarbonyl (C=S) groups is 1. The summed E-state index contributed by atoms with van der Waals surface area (Å²) in [5.41, 5.74) is 0.206. The van der Waals surface area contributed by atoms with Gasteiger partial charge in [-0.3, -0.25) is 0 Å². The highest BCUT2D eigenvalue weighted by atomic mass is 32.1. The maximum atomic E-state index is 13.4. The molecule has 1 aromatic carbocycles. The molecule has 0 spiro atoms. The van der Waals surface area contributed by atoms with Crippen LogP contribution >= 0.6 is 23.6 Å². The second-order valence-electron chi connectivity index (χ2n) is 7.91. The molecule has 11 heteroatoms. The van der Waals surface area contributed by atoms with Gasteiger partial charge in [0.05, 0.1) is 18.4 Å². The summed E-state index contributed by atoms with van der Waals surface area (Å²) in [5.74, 6) is 0.470. The number of carbonyl (C=O) groups is 1. The van der Waals surface area contributed by atoms with Crippen LogP contribution in [0.15, 0.2) is 48.1 Å². The van der Waals surface area contributed by atoms with Crippen molar-refractivity contribution >= 4 is 40.3 Å². The number of nitrogens with one attached hydrogen (secondary N) is 1. The molecule has 0 amide bonds. The molecule has 1 aliphatic rings. The topological polar surface area (TPSA) is 59.4 Å². The van der Waals surface area contributed by atoms with Crippen molar-refractivity contribution in [1.29, 1.82) is 0 Å². The maximum Gasteiger partial charge on any atom is 0.416 e. The standard InChI is InChI=1S/C23H23F3N4O2S2/c1-32-21(31)19-18(8-13-34-19)28-22(33)29-10-6-15(7-11-29)20-27-9-12-30(20)14-16-4-2-3-5-17(16)23(24,25)26/h2-5,8-9,12-13,15H,6-7,10-11,14H2,1H3,(H,28,33). The largest absolute Gasteiger partial charge is 0.465 e. The number of hydrogen-bond donors (Lipinski definition) is 1. The van der Waals surface area contributed by atoms with Gasteiger partial charge in [-0.25, -0.2) is 9.78 Å². The van der Waals surface area contributed by atoms with Gasteiger partial charge in [-0.1, -0.05) is 18.2 Å². The van der Waals surface area contributed by atoms with Crippen molar-refractivity contribution in [1.82, 2.24) is 14.5 Å². The van der Waals surface area contributed by atoms with Gasteiger partial charge >= 0.3 is 12.1 Å². The number of esters is 1. The van der Waals surface area contributed by atoms with Gasteiger partial charge in [0.1, 0.15) is 10.7 Å². The van der Waals surface area contributed by atoms with E-state index in [1.165, 1.54) is 30.6 Å². The van der Waals surface area contributed by atoms with E-state index in [1.54, 1.807) is 34.5 Å². The number of carbonyl (C=O) groups excluding carboxylic acids is 1. The van der Waals surface area contributed by atoms with Crippen LogP contribution in [0, 0.1) is 0 Å². The molecular formula is C23H23F3N4O2S2. The van der Waals surface area contributed by atoms with Crippen LogP contribution in [0.2, 0.25) is 0 Å². The number of anilines is 1. The maximum absolute atomic E-state index is 13.4. The molecule has 0 aliphatic carbocycles. The van der Waals surface area contributed by atoms with Crippen molar-refractivity contribution in [2.45, 2.75) is 31.5 Å². The molecule has 0 radical (unpaired) electrons. The molecule has 1 saturated heterocycles. The lowest BCUT2D eigenvalue weighted by molar-refractivity contribution is -0.138. The number of methoxy groups -OCH3 is 1. The fraction of sp³-hybridized carbons (Fsp3) is 0.348. The average molecular weight is 509 g/mol. The van der Waals surface area contributed by atoms with Gasteiger partial charge in [0.15, 0.2) is 5.11 Å². The summed E-state index contributed by atoms with van der Waals surface area (Å²) in [6.45, 7) is 1.44. The fourth-order valence-corrected chi connectivity index (χ4v) is 5.18. The van der Waals surface area contributed by atoms with E-state index in [9.17, 15) is 18.0 Å². The van der Waals surface area contributed by atoms with Crippen LogP contribution in [-0.4, -0.2) is 45.7 Å². The van der Waals surface area contributed by atoms with E-state index in [2.05, 4.69) is 10.3 Å². The first-order chi connectivity index (χ1) is 16.3. The van der Waals surface area contributed by atoms with E-state index in [4.69, 9.17) is 17.0 Å². The molecule has 6 nitrogen and oxygen atoms in total. The third-order valence-electron chi connectivity index (χ3n) is 5.84. The molecule has 2 aromatic heterocycles. The Labute approximate surface area is 204 Å². The molecular weight excluding hydrogens is 485 g/mol. The van der Waals surface area contributed by atoms with Gasteiger partial charge in [0, 0.05) is 37.9 Å². The molecule has 3 heterocycles. The van der Waals surface area contributed by atoms with Crippen LogP contribution in [0.25, 0.3) is 0 Å². The van der Waals surface area contributed by atoms with Crippen LogP contribution in [0.1, 0.15) is 45.4 Å². The Bertz CT molecular complexity index is 1170. The van der Waals surface area contributed by atoms with Gasteiger partial charge in [-0.05, 0) is 48.1 Å². The summed E-state index contributed by atoms with van der Waals surface area (Å²) in [4.78, 5) is 18.8. The second-order valence-corrected chi connectivity index (χ2v) is 9.22. The minimum atomic E-state index is -4.40. The zero-order valence-electron chi connectivity index (χ0n) is 18.3. The lowest BCUT2D eigenvalue weighted by Crippen LogP contribution is -2.40. The van der Waals surface area contributed by atoms with E-state index < -0.39 is 17.7 Å². The first-order valence-electron chi connectivity index (χ1n) is 10.7. The summed E-state index contributed by atoms with van der Waals surface area (Å²) in [6.07, 6.45) is 0.475. The highest BCUT2D eigenvalue weighted by Crippen LogP contribution is 2.33. The van der Waals surface area contributed by atoms with Crippen molar-refractivity contribution < 1.29 is 22.7 Å². The number of thiophene rings is 1. The van der Waals surface area contributed by atoms with Crippen molar-refractivity contribution in [3.8, 4) is 0 Å². The highest BCUT2D eigenvalue weighted by molar-refractivity contribution is 7.80. The summed E-state index contributed by atoms with van der Waals surface area (Å²) in [7, 11) is 1.33. The quantitative estimate of drug-likeness (QED) is 0.369. The Balaban J connectivity index is 1.40.